The highest BCUT2D eigenvalue weighted by Gasteiger charge is 2.19. The molecule has 0 amide bonds. The van der Waals surface area contributed by atoms with E-state index in [0.717, 1.165) is 22.9 Å². The zero-order chi connectivity index (χ0) is 47.7. The van der Waals surface area contributed by atoms with Gasteiger partial charge < -0.3 is 19.7 Å². The Bertz CT molecular complexity index is 2910. The number of ether oxygens (including phenoxy) is 2. The SMILES string of the molecule is BrB(Br)Br.COc1cc2cc(-c3cc(Cl)ccc3F)c(OC)cc2cc1-c1ccc(Cl)cc1F.ClCCl.Oc1cc2cc(-c3ccc(Cl)cc3F)c(O)cc2cc1-c1ccc(Cl)cc1F. The molecule has 0 fully saturated rings. The first kappa shape index (κ1) is 52.4. The van der Waals surface area contributed by atoms with E-state index in [0.29, 0.717) is 54.6 Å². The third-order valence-corrected chi connectivity index (χ3v) is 10.4. The van der Waals surface area contributed by atoms with Crippen LogP contribution in [0.3, 0.4) is 0 Å². The van der Waals surface area contributed by atoms with Crippen molar-refractivity contribution < 1.29 is 37.2 Å². The van der Waals surface area contributed by atoms with Gasteiger partial charge in [-0.05, 0) is 143 Å². The largest absolute Gasteiger partial charge is 0.507 e. The van der Waals surface area contributed by atoms with Crippen LogP contribution >= 0.6 is 117 Å². The average Bonchev–Trinajstić information content (AvgIpc) is 3.24. The quantitative estimate of drug-likeness (QED) is 0.0990. The second-order valence-corrected chi connectivity index (χ2v) is 22.4. The molecule has 8 aromatic carbocycles. The highest BCUT2D eigenvalue weighted by molar-refractivity contribution is 9.69. The van der Waals surface area contributed by atoms with Crippen LogP contribution in [0.2, 0.25) is 20.1 Å². The summed E-state index contributed by atoms with van der Waals surface area (Å²) >= 11 is 42.4. The number of halogens is 13. The molecule has 0 heterocycles. The number of hydrogen-bond donors (Lipinski definition) is 2. The lowest BCUT2D eigenvalue weighted by molar-refractivity contribution is 0.415. The summed E-state index contributed by atoms with van der Waals surface area (Å²) in [6.45, 7) is 0. The van der Waals surface area contributed by atoms with Crippen molar-refractivity contribution >= 4 is 142 Å². The molecule has 2 N–H and O–H groups in total. The lowest BCUT2D eigenvalue weighted by atomic mass is 9.95. The molecule has 0 saturated carbocycles. The molecule has 18 heteroatoms. The molecule has 0 saturated heterocycles. The van der Waals surface area contributed by atoms with Gasteiger partial charge in [-0.2, -0.15) is 0 Å². The van der Waals surface area contributed by atoms with Crippen LogP contribution in [0.5, 0.6) is 23.0 Å². The lowest BCUT2D eigenvalue weighted by Gasteiger charge is -2.15. The number of hydrogen-bond acceptors (Lipinski definition) is 4. The third kappa shape index (κ3) is 13.3. The number of rotatable bonds is 6. The van der Waals surface area contributed by atoms with E-state index in [9.17, 15) is 27.8 Å². The highest BCUT2D eigenvalue weighted by Crippen LogP contribution is 2.43. The molecule has 0 unspecified atom stereocenters. The summed E-state index contributed by atoms with van der Waals surface area (Å²) in [5, 5.41) is 24.9. The van der Waals surface area contributed by atoms with Crippen LogP contribution in [0, 0.1) is 23.3 Å². The molecule has 0 aromatic heterocycles. The zero-order valence-electron chi connectivity index (χ0n) is 33.5. The Morgan fingerprint density at radius 3 is 1.06 bits per heavy atom. The lowest BCUT2D eigenvalue weighted by Crippen LogP contribution is -1.94. The van der Waals surface area contributed by atoms with Crippen molar-refractivity contribution in [3.05, 3.63) is 165 Å². The number of alkyl halides is 2. The van der Waals surface area contributed by atoms with E-state index >= 15 is 0 Å². The first-order valence-electron chi connectivity index (χ1n) is 18.4. The number of benzene rings is 8. The number of fused-ring (bicyclic) bond motifs is 2. The molecule has 0 aliphatic carbocycles. The first-order chi connectivity index (χ1) is 30.9. The Hall–Kier alpha value is -3.56. The van der Waals surface area contributed by atoms with Crippen molar-refractivity contribution in [1.29, 1.82) is 0 Å². The van der Waals surface area contributed by atoms with E-state index in [4.69, 9.17) is 79.1 Å². The Balaban J connectivity index is 0.000000214. The number of aromatic hydroxyl groups is 2. The van der Waals surface area contributed by atoms with Crippen molar-refractivity contribution in [3.8, 4) is 67.5 Å². The number of methoxy groups -OCH3 is 2. The maximum absolute atomic E-state index is 14.5. The molecule has 8 rings (SSSR count). The van der Waals surface area contributed by atoms with Gasteiger partial charge in [0.15, 0.2) is 0 Å². The molecule has 0 aliphatic heterocycles. The predicted molar refractivity (Wildman–Crippen MR) is 275 cm³/mol. The van der Waals surface area contributed by atoms with Crippen molar-refractivity contribution in [2.45, 2.75) is 0 Å². The minimum Gasteiger partial charge on any atom is -0.507 e. The molecular formula is C47H30BBr3Cl6F4O4. The number of phenolic OH excluding ortho intramolecular Hbond substituents is 2. The maximum Gasteiger partial charge on any atom is 0.369 e. The highest BCUT2D eigenvalue weighted by atomic mass is 79.9. The van der Waals surface area contributed by atoms with Gasteiger partial charge in [0.2, 0.25) is 0 Å². The Kier molecular flexibility index (Phi) is 19.3. The fourth-order valence-corrected chi connectivity index (χ4v) is 7.30. The topological polar surface area (TPSA) is 58.9 Å². The molecule has 0 spiro atoms. The van der Waals surface area contributed by atoms with Crippen molar-refractivity contribution in [1.82, 2.24) is 0 Å². The normalized spacial score (nSPS) is 10.6. The first-order valence-corrected chi connectivity index (χ1v) is 23.8. The summed E-state index contributed by atoms with van der Waals surface area (Å²) in [6.07, 6.45) is 0. The second kappa shape index (κ2) is 23.9. The van der Waals surface area contributed by atoms with E-state index < -0.39 is 23.3 Å². The van der Waals surface area contributed by atoms with Gasteiger partial charge in [-0.1, -0.05) is 46.4 Å². The molecule has 0 atom stereocenters. The summed E-state index contributed by atoms with van der Waals surface area (Å²) in [5.41, 5.74) is 2.68. The van der Waals surface area contributed by atoms with E-state index in [1.54, 1.807) is 54.6 Å². The molecule has 0 bridgehead atoms. The van der Waals surface area contributed by atoms with Gasteiger partial charge in [-0.3, -0.25) is 0 Å². The van der Waals surface area contributed by atoms with E-state index in [2.05, 4.69) is 47.3 Å². The van der Waals surface area contributed by atoms with Gasteiger partial charge in [0, 0.05) is 64.6 Å². The Labute approximate surface area is 426 Å². The minimum absolute atomic E-state index is 0.151. The van der Waals surface area contributed by atoms with Crippen LogP contribution in [0.1, 0.15) is 0 Å². The van der Waals surface area contributed by atoms with Crippen molar-refractivity contribution in [2.75, 3.05) is 19.6 Å². The second-order valence-electron chi connectivity index (χ2n) is 13.4. The van der Waals surface area contributed by atoms with E-state index in [-0.39, 0.29) is 52.3 Å². The van der Waals surface area contributed by atoms with Gasteiger partial charge >= 0.3 is 3.18 Å². The van der Waals surface area contributed by atoms with Gasteiger partial charge in [0.1, 0.15) is 46.3 Å². The molecule has 0 aliphatic rings. The Morgan fingerprint density at radius 2 is 0.708 bits per heavy atom. The third-order valence-electron chi connectivity index (χ3n) is 9.43. The van der Waals surface area contributed by atoms with Crippen LogP contribution in [0.25, 0.3) is 66.1 Å². The van der Waals surface area contributed by atoms with Gasteiger partial charge in [-0.15, -0.1) is 70.5 Å². The molecule has 336 valence electrons. The Morgan fingerprint density at radius 1 is 0.415 bits per heavy atom. The maximum atomic E-state index is 14.5. The van der Waals surface area contributed by atoms with Crippen LogP contribution in [0.4, 0.5) is 17.6 Å². The molecule has 8 aromatic rings. The molecule has 4 nitrogen and oxygen atoms in total. The summed E-state index contributed by atoms with van der Waals surface area (Å²) in [7, 11) is 3.02. The van der Waals surface area contributed by atoms with Crippen LogP contribution in [0.15, 0.2) is 121 Å². The smallest absolute Gasteiger partial charge is 0.369 e. The fourth-order valence-electron chi connectivity index (χ4n) is 6.65. The molecule has 65 heavy (non-hydrogen) atoms. The van der Waals surface area contributed by atoms with Crippen LogP contribution in [-0.2, 0) is 0 Å². The fraction of sp³-hybridized carbons (Fsp3) is 0.0638. The number of phenols is 2. The standard InChI is InChI=1S/C24H16Cl2F2O2.C22H12Cl2F2O2.CH2Cl2.BBr3/c1-29-23-9-14-8-20(18-11-15(25)4-6-21(18)27)24(30-2)10-13(14)7-19(23)17-5-3-16(26)12-22(17)28;23-13-1-3-15(19(25)9-13)17-5-11-8-22(28)18(6-12(11)7-21(17)27)16-4-2-14(24)10-20(16)26;2-1-3;2-1(3)4/h3-12H,1-2H3;1-10,27-28H;1H2;. The summed E-state index contributed by atoms with van der Waals surface area (Å²) < 4.78 is 68.9. The van der Waals surface area contributed by atoms with E-state index in [1.165, 1.54) is 68.8 Å². The summed E-state index contributed by atoms with van der Waals surface area (Å²) in [4.78, 5) is 0. The predicted octanol–water partition coefficient (Wildman–Crippen LogP) is 18.5. The average molecular weight is 1200 g/mol. The van der Waals surface area contributed by atoms with E-state index in [1.807, 2.05) is 0 Å². The van der Waals surface area contributed by atoms with Gasteiger partial charge in [-0.25, -0.2) is 17.6 Å². The monoisotopic (exact) mass is 1190 g/mol. The van der Waals surface area contributed by atoms with Crippen LogP contribution in [-0.4, -0.2) is 33.0 Å². The summed E-state index contributed by atoms with van der Waals surface area (Å²) in [6, 6.07) is 30.3. The molecule has 0 radical (unpaired) electrons. The minimum atomic E-state index is -0.578. The van der Waals surface area contributed by atoms with Gasteiger partial charge in [0.05, 0.1) is 19.6 Å². The molecular weight excluding hydrogens is 1170 g/mol. The summed E-state index contributed by atoms with van der Waals surface area (Å²) in [5.74, 6) is -1.38. The van der Waals surface area contributed by atoms with Crippen molar-refractivity contribution in [2.24, 2.45) is 0 Å². The van der Waals surface area contributed by atoms with Crippen LogP contribution < -0.4 is 9.47 Å². The zero-order valence-corrected chi connectivity index (χ0v) is 42.7. The van der Waals surface area contributed by atoms with Crippen molar-refractivity contribution in [3.63, 3.8) is 0 Å². The van der Waals surface area contributed by atoms with Gasteiger partial charge in [0.25, 0.3) is 0 Å².